The highest BCUT2D eigenvalue weighted by Gasteiger charge is 2.12. The maximum absolute atomic E-state index is 11.8. The minimum Gasteiger partial charge on any atom is -0.461 e. The lowest BCUT2D eigenvalue weighted by Gasteiger charge is -2.20. The molecule has 2 rings (SSSR count). The fourth-order valence-electron chi connectivity index (χ4n) is 1.83. The van der Waals surface area contributed by atoms with Crippen LogP contribution in [-0.2, 0) is 9.53 Å². The summed E-state index contributed by atoms with van der Waals surface area (Å²) in [7, 11) is 0. The van der Waals surface area contributed by atoms with Gasteiger partial charge < -0.3 is 4.74 Å². The van der Waals surface area contributed by atoms with Gasteiger partial charge in [0, 0.05) is 0 Å². The number of ether oxygens (including phenoxy) is 1. The van der Waals surface area contributed by atoms with E-state index in [9.17, 15) is 4.79 Å². The van der Waals surface area contributed by atoms with Crippen molar-refractivity contribution in [1.82, 2.24) is 0 Å². The smallest absolute Gasteiger partial charge is 0.354 e. The summed E-state index contributed by atoms with van der Waals surface area (Å²) in [5, 5.41) is 6.14. The molecule has 0 aliphatic carbocycles. The highest BCUT2D eigenvalue weighted by atomic mass is 16.5. The average molecular weight is 282 g/mol. The van der Waals surface area contributed by atoms with Crippen LogP contribution in [0.3, 0.4) is 0 Å². The third kappa shape index (κ3) is 3.92. The van der Waals surface area contributed by atoms with Crippen molar-refractivity contribution in [3.8, 4) is 0 Å². The standard InChI is InChI=1S/C17H18N2O2/c1-3-21-17(20)14(2)18-19(15-10-6-4-7-11-15)16-12-8-5-9-13-16/h4-13H,3H2,1-2H3/b18-14+. The molecule has 2 aromatic carbocycles. The molecule has 0 saturated carbocycles. The van der Waals surface area contributed by atoms with Crippen molar-refractivity contribution in [3.05, 3.63) is 60.7 Å². The Kier molecular flexibility index (Phi) is 5.10. The van der Waals surface area contributed by atoms with Gasteiger partial charge in [-0.3, -0.25) is 0 Å². The summed E-state index contributed by atoms with van der Waals surface area (Å²) in [6, 6.07) is 19.4. The van der Waals surface area contributed by atoms with Gasteiger partial charge in [-0.2, -0.15) is 5.10 Å². The van der Waals surface area contributed by atoms with E-state index in [0.29, 0.717) is 12.3 Å². The number of benzene rings is 2. The summed E-state index contributed by atoms with van der Waals surface area (Å²) in [5.74, 6) is -0.408. The highest BCUT2D eigenvalue weighted by Crippen LogP contribution is 2.25. The Morgan fingerprint density at radius 3 is 1.90 bits per heavy atom. The Labute approximate surface area is 124 Å². The SMILES string of the molecule is CCOC(=O)/C(C)=N/N(c1ccccc1)c1ccccc1. The second-order valence-electron chi connectivity index (χ2n) is 4.39. The highest BCUT2D eigenvalue weighted by molar-refractivity contribution is 6.35. The van der Waals surface area contributed by atoms with E-state index in [0.717, 1.165) is 11.4 Å². The molecule has 0 aliphatic heterocycles. The van der Waals surface area contributed by atoms with Crippen LogP contribution in [-0.4, -0.2) is 18.3 Å². The Bertz CT molecular complexity index is 570. The summed E-state index contributed by atoms with van der Waals surface area (Å²) in [5.41, 5.74) is 2.07. The molecule has 108 valence electrons. The largest absolute Gasteiger partial charge is 0.461 e. The topological polar surface area (TPSA) is 41.9 Å². The number of esters is 1. The number of rotatable bonds is 5. The van der Waals surface area contributed by atoms with Gasteiger partial charge in [-0.25, -0.2) is 9.80 Å². The molecule has 0 radical (unpaired) electrons. The molecule has 0 N–H and O–H groups in total. The van der Waals surface area contributed by atoms with E-state index in [1.54, 1.807) is 18.9 Å². The quantitative estimate of drug-likeness (QED) is 0.476. The van der Waals surface area contributed by atoms with Crippen LogP contribution in [0.2, 0.25) is 0 Å². The van der Waals surface area contributed by atoms with Gasteiger partial charge in [0.2, 0.25) is 0 Å². The summed E-state index contributed by atoms with van der Waals surface area (Å²) in [6.45, 7) is 3.76. The second kappa shape index (κ2) is 7.24. The normalized spacial score (nSPS) is 11.0. The van der Waals surface area contributed by atoms with Gasteiger partial charge in [0.15, 0.2) is 0 Å². The van der Waals surface area contributed by atoms with Gasteiger partial charge in [0.05, 0.1) is 18.0 Å². The van der Waals surface area contributed by atoms with Crippen LogP contribution in [0, 0.1) is 0 Å². The molecule has 0 unspecified atom stereocenters. The van der Waals surface area contributed by atoms with E-state index in [4.69, 9.17) is 4.74 Å². The molecule has 0 aliphatic rings. The summed E-state index contributed by atoms with van der Waals surface area (Å²) < 4.78 is 4.98. The molecule has 0 aromatic heterocycles. The Balaban J connectivity index is 2.38. The number of carbonyl (C=O) groups excluding carboxylic acids is 1. The molecule has 0 amide bonds. The van der Waals surface area contributed by atoms with Crippen molar-refractivity contribution < 1.29 is 9.53 Å². The third-order valence-electron chi connectivity index (χ3n) is 2.82. The van der Waals surface area contributed by atoms with E-state index in [1.807, 2.05) is 60.7 Å². The number of hydrogen-bond donors (Lipinski definition) is 0. The third-order valence-corrected chi connectivity index (χ3v) is 2.82. The van der Waals surface area contributed by atoms with E-state index < -0.39 is 5.97 Å². The predicted molar refractivity (Wildman–Crippen MR) is 84.8 cm³/mol. The van der Waals surface area contributed by atoms with Crippen LogP contribution < -0.4 is 5.01 Å². The Morgan fingerprint density at radius 1 is 1.00 bits per heavy atom. The molecule has 0 bridgehead atoms. The molecule has 0 heterocycles. The van der Waals surface area contributed by atoms with Crippen LogP contribution in [0.15, 0.2) is 65.8 Å². The van der Waals surface area contributed by atoms with Gasteiger partial charge in [0.1, 0.15) is 5.71 Å². The van der Waals surface area contributed by atoms with Crippen LogP contribution in [0.1, 0.15) is 13.8 Å². The second-order valence-corrected chi connectivity index (χ2v) is 4.39. The number of anilines is 2. The zero-order valence-corrected chi connectivity index (χ0v) is 12.2. The monoisotopic (exact) mass is 282 g/mol. The van der Waals surface area contributed by atoms with Crippen LogP contribution in [0.25, 0.3) is 0 Å². The molecule has 0 fully saturated rings. The lowest BCUT2D eigenvalue weighted by molar-refractivity contribution is -0.135. The molecule has 0 atom stereocenters. The van der Waals surface area contributed by atoms with E-state index >= 15 is 0 Å². The molecule has 2 aromatic rings. The number of hydrogen-bond acceptors (Lipinski definition) is 4. The van der Waals surface area contributed by atoms with Crippen molar-refractivity contribution in [2.24, 2.45) is 5.10 Å². The molecule has 4 nitrogen and oxygen atoms in total. The summed E-state index contributed by atoms with van der Waals surface area (Å²) in [6.07, 6.45) is 0. The van der Waals surface area contributed by atoms with Gasteiger partial charge in [0.25, 0.3) is 0 Å². The minimum atomic E-state index is -0.408. The molecule has 0 spiro atoms. The maximum Gasteiger partial charge on any atom is 0.354 e. The zero-order valence-electron chi connectivity index (χ0n) is 12.2. The van der Waals surface area contributed by atoms with Gasteiger partial charge in [-0.05, 0) is 38.1 Å². The molecule has 0 saturated heterocycles. The Morgan fingerprint density at radius 2 is 1.48 bits per heavy atom. The van der Waals surface area contributed by atoms with Crippen molar-refractivity contribution in [3.63, 3.8) is 0 Å². The number of para-hydroxylation sites is 2. The molecule has 21 heavy (non-hydrogen) atoms. The Hall–Kier alpha value is -2.62. The maximum atomic E-state index is 11.8. The van der Waals surface area contributed by atoms with Gasteiger partial charge >= 0.3 is 5.97 Å². The minimum absolute atomic E-state index is 0.310. The molecule has 4 heteroatoms. The fraction of sp³-hybridized carbons (Fsp3) is 0.176. The first kappa shape index (κ1) is 14.8. The first-order valence-corrected chi connectivity index (χ1v) is 6.85. The zero-order chi connectivity index (χ0) is 15.1. The van der Waals surface area contributed by atoms with Crippen LogP contribution in [0.5, 0.6) is 0 Å². The van der Waals surface area contributed by atoms with Gasteiger partial charge in [-0.15, -0.1) is 0 Å². The molecular weight excluding hydrogens is 264 g/mol. The number of carbonyl (C=O) groups is 1. The predicted octanol–water partition coefficient (Wildman–Crippen LogP) is 3.76. The first-order chi connectivity index (χ1) is 10.2. The lowest BCUT2D eigenvalue weighted by atomic mass is 10.2. The molecular formula is C17H18N2O2. The van der Waals surface area contributed by atoms with E-state index in [1.165, 1.54) is 0 Å². The van der Waals surface area contributed by atoms with Crippen molar-refractivity contribution in [1.29, 1.82) is 0 Å². The summed E-state index contributed by atoms with van der Waals surface area (Å²) in [4.78, 5) is 11.8. The first-order valence-electron chi connectivity index (χ1n) is 6.85. The van der Waals surface area contributed by atoms with Crippen molar-refractivity contribution >= 4 is 23.1 Å². The van der Waals surface area contributed by atoms with Crippen LogP contribution in [0.4, 0.5) is 11.4 Å². The summed E-state index contributed by atoms with van der Waals surface area (Å²) >= 11 is 0. The number of hydrazone groups is 1. The van der Waals surface area contributed by atoms with E-state index in [-0.39, 0.29) is 0 Å². The van der Waals surface area contributed by atoms with Crippen LogP contribution >= 0.6 is 0 Å². The van der Waals surface area contributed by atoms with E-state index in [2.05, 4.69) is 5.10 Å². The van der Waals surface area contributed by atoms with Crippen molar-refractivity contribution in [2.45, 2.75) is 13.8 Å². The fourth-order valence-corrected chi connectivity index (χ4v) is 1.83. The van der Waals surface area contributed by atoms with Gasteiger partial charge in [-0.1, -0.05) is 36.4 Å². The number of nitrogens with zero attached hydrogens (tertiary/aromatic N) is 2. The average Bonchev–Trinajstić information content (AvgIpc) is 2.54. The lowest BCUT2D eigenvalue weighted by Crippen LogP contribution is -2.19. The van der Waals surface area contributed by atoms with Crippen molar-refractivity contribution in [2.75, 3.05) is 11.6 Å².